The first-order valence-electron chi connectivity index (χ1n) is 10.6. The van der Waals surface area contributed by atoms with Gasteiger partial charge in [-0.25, -0.2) is 23.5 Å². The summed E-state index contributed by atoms with van der Waals surface area (Å²) in [6.45, 7) is 2.17. The number of halogens is 2. The Labute approximate surface area is 196 Å². The van der Waals surface area contributed by atoms with Crippen LogP contribution in [0.2, 0.25) is 0 Å². The highest BCUT2D eigenvalue weighted by molar-refractivity contribution is 5.94. The van der Waals surface area contributed by atoms with Crippen LogP contribution in [0.25, 0.3) is 33.5 Å². The second-order valence-corrected chi connectivity index (χ2v) is 8.18. The van der Waals surface area contributed by atoms with E-state index in [9.17, 15) is 18.4 Å². The molecule has 35 heavy (non-hydrogen) atoms. The molecule has 5 rings (SSSR count). The number of aromatic amines is 1. The molecule has 1 aliphatic rings. The van der Waals surface area contributed by atoms with E-state index in [1.165, 1.54) is 35.0 Å². The maximum atomic E-state index is 14.6. The van der Waals surface area contributed by atoms with Gasteiger partial charge in [-0.05, 0) is 13.0 Å². The second-order valence-electron chi connectivity index (χ2n) is 8.18. The Bertz CT molecular complexity index is 1530. The Balaban J connectivity index is 1.38. The number of ether oxygens (including phenoxy) is 1. The predicted molar refractivity (Wildman–Crippen MR) is 118 cm³/mol. The minimum atomic E-state index is -0.888. The van der Waals surface area contributed by atoms with E-state index in [0.29, 0.717) is 18.7 Å². The molecule has 0 unspecified atom stereocenters. The summed E-state index contributed by atoms with van der Waals surface area (Å²) in [5.74, 6) is -2.01. The summed E-state index contributed by atoms with van der Waals surface area (Å²) in [4.78, 5) is 37.7. The molecule has 2 N–H and O–H groups in total. The summed E-state index contributed by atoms with van der Waals surface area (Å²) in [5, 5.41) is 15.6. The van der Waals surface area contributed by atoms with Gasteiger partial charge in [0.25, 0.3) is 0 Å². The topological polar surface area (TPSA) is 142 Å². The Morgan fingerprint density at radius 3 is 2.86 bits per heavy atom. The molecule has 0 saturated carbocycles. The molecule has 0 aliphatic carbocycles. The number of fused-ring (bicyclic) bond motifs is 2. The predicted octanol–water partition coefficient (Wildman–Crippen LogP) is 2.25. The molecule has 0 radical (unpaired) electrons. The first-order valence-corrected chi connectivity index (χ1v) is 10.6. The number of benzene rings is 1. The monoisotopic (exact) mass is 480 g/mol. The number of carbonyl (C=O) groups is 2. The van der Waals surface area contributed by atoms with Gasteiger partial charge in [-0.1, -0.05) is 0 Å². The van der Waals surface area contributed by atoms with Gasteiger partial charge in [0.1, 0.15) is 29.1 Å². The van der Waals surface area contributed by atoms with Gasteiger partial charge in [-0.15, -0.1) is 0 Å². The molecule has 1 atom stereocenters. The molecule has 4 aromatic rings. The van der Waals surface area contributed by atoms with Gasteiger partial charge >= 0.3 is 6.09 Å². The fourth-order valence-corrected chi connectivity index (χ4v) is 3.93. The average molecular weight is 480 g/mol. The van der Waals surface area contributed by atoms with Crippen molar-refractivity contribution in [3.05, 3.63) is 36.2 Å². The van der Waals surface area contributed by atoms with Crippen molar-refractivity contribution in [1.29, 1.82) is 5.26 Å². The van der Waals surface area contributed by atoms with Gasteiger partial charge < -0.3 is 19.9 Å². The Morgan fingerprint density at radius 2 is 2.11 bits per heavy atom. The minimum Gasteiger partial charge on any atom is -0.406 e. The van der Waals surface area contributed by atoms with Gasteiger partial charge in [0.15, 0.2) is 16.9 Å². The summed E-state index contributed by atoms with van der Waals surface area (Å²) in [5.41, 5.74) is 1.06. The van der Waals surface area contributed by atoms with Crippen molar-refractivity contribution in [3.8, 4) is 23.2 Å². The highest BCUT2D eigenvalue weighted by Crippen LogP contribution is 2.31. The van der Waals surface area contributed by atoms with E-state index >= 15 is 0 Å². The third kappa shape index (κ3) is 3.88. The molecule has 13 heteroatoms. The van der Waals surface area contributed by atoms with Crippen LogP contribution in [-0.4, -0.2) is 60.8 Å². The average Bonchev–Trinajstić information content (AvgIpc) is 3.33. The molecule has 3 aromatic heterocycles. The third-order valence-corrected chi connectivity index (χ3v) is 5.74. The number of rotatable bonds is 4. The number of hydrogen-bond acceptors (Lipinski definition) is 7. The van der Waals surface area contributed by atoms with Crippen molar-refractivity contribution in [2.75, 3.05) is 13.1 Å². The maximum absolute atomic E-state index is 14.6. The number of aryl methyl sites for hydroxylation is 1. The number of H-pyrrole nitrogens is 1. The molecule has 1 saturated heterocycles. The van der Waals surface area contributed by atoms with E-state index in [0.717, 1.165) is 6.07 Å². The Kier molecular flexibility index (Phi) is 5.28. The first-order chi connectivity index (χ1) is 16.7. The van der Waals surface area contributed by atoms with Crippen LogP contribution in [-0.2, 0) is 11.8 Å². The van der Waals surface area contributed by atoms with Crippen LogP contribution in [0.15, 0.2) is 24.5 Å². The Hall–Kier alpha value is -4.60. The van der Waals surface area contributed by atoms with Crippen LogP contribution in [0.3, 0.4) is 0 Å². The number of nitriles is 1. The summed E-state index contributed by atoms with van der Waals surface area (Å²) >= 11 is 0. The molecule has 178 valence electrons. The lowest BCUT2D eigenvalue weighted by molar-refractivity contribution is -0.137. The molecule has 1 aliphatic heterocycles. The number of nitrogens with zero attached hydrogens (tertiary/aromatic N) is 6. The molecular formula is C22H18F2N8O3. The van der Waals surface area contributed by atoms with Crippen molar-refractivity contribution >= 4 is 34.1 Å². The van der Waals surface area contributed by atoms with Crippen LogP contribution in [0.4, 0.5) is 13.6 Å². The van der Waals surface area contributed by atoms with Gasteiger partial charge in [0.05, 0.1) is 29.1 Å². The lowest BCUT2D eigenvalue weighted by Crippen LogP contribution is -2.56. The number of amides is 2. The lowest BCUT2D eigenvalue weighted by atomic mass is 10.0. The molecule has 2 amide bonds. The number of nitrogens with one attached hydrogen (secondary N) is 2. The largest absolute Gasteiger partial charge is 0.413 e. The van der Waals surface area contributed by atoms with Gasteiger partial charge in [-0.2, -0.15) is 10.4 Å². The normalized spacial score (nSPS) is 14.5. The summed E-state index contributed by atoms with van der Waals surface area (Å²) < 4.78 is 34.9. The van der Waals surface area contributed by atoms with Crippen molar-refractivity contribution in [2.45, 2.75) is 13.0 Å². The fraction of sp³-hybridized carbons (Fsp3) is 0.273. The molecule has 11 nitrogen and oxygen atoms in total. The summed E-state index contributed by atoms with van der Waals surface area (Å²) in [7, 11) is 1.55. The van der Waals surface area contributed by atoms with Gasteiger partial charge in [-0.3, -0.25) is 9.48 Å². The standard InChI is InChI=1S/C22H18F2N8O3/c1-10(21(33)32-8-11(5-25)9-32)28-22(34)35-16-7-27-20-19(16)29-14(6-26-20)18-17-13(24)3-12(23)4-15(17)31(2)30-18/h3-4,6-7,10-11H,8-9H2,1-2H3,(H,26,27)(H,28,34)/t10-/m1/s1. The number of likely N-dealkylation sites (tertiary alicyclic amines) is 1. The third-order valence-electron chi connectivity index (χ3n) is 5.74. The minimum absolute atomic E-state index is 0.0340. The maximum Gasteiger partial charge on any atom is 0.413 e. The quantitative estimate of drug-likeness (QED) is 0.456. The van der Waals surface area contributed by atoms with Crippen LogP contribution in [0.5, 0.6) is 5.75 Å². The van der Waals surface area contributed by atoms with Crippen molar-refractivity contribution in [3.63, 3.8) is 0 Å². The van der Waals surface area contributed by atoms with E-state index in [1.54, 1.807) is 7.05 Å². The van der Waals surface area contributed by atoms with Crippen LogP contribution in [0.1, 0.15) is 6.92 Å². The first kappa shape index (κ1) is 22.2. The molecule has 0 bridgehead atoms. The molecular weight excluding hydrogens is 462 g/mol. The molecule has 1 aromatic carbocycles. The van der Waals surface area contributed by atoms with E-state index in [1.807, 2.05) is 0 Å². The summed E-state index contributed by atoms with van der Waals surface area (Å²) in [6.07, 6.45) is 1.86. The zero-order valence-corrected chi connectivity index (χ0v) is 18.5. The van der Waals surface area contributed by atoms with Crippen molar-refractivity contribution in [2.24, 2.45) is 13.0 Å². The summed E-state index contributed by atoms with van der Waals surface area (Å²) in [6, 6.07) is 3.14. The van der Waals surface area contributed by atoms with E-state index in [2.05, 4.69) is 31.4 Å². The van der Waals surface area contributed by atoms with E-state index in [-0.39, 0.29) is 45.4 Å². The highest BCUT2D eigenvalue weighted by Gasteiger charge is 2.33. The number of aromatic nitrogens is 5. The molecule has 1 fully saturated rings. The molecule has 0 spiro atoms. The smallest absolute Gasteiger partial charge is 0.406 e. The van der Waals surface area contributed by atoms with E-state index < -0.39 is 23.8 Å². The fourth-order valence-electron chi connectivity index (χ4n) is 3.93. The van der Waals surface area contributed by atoms with Gasteiger partial charge in [0.2, 0.25) is 5.91 Å². The number of carbonyl (C=O) groups excluding carboxylic acids is 2. The number of hydrogen-bond donors (Lipinski definition) is 2. The second kappa shape index (κ2) is 8.32. The van der Waals surface area contributed by atoms with Crippen molar-refractivity contribution < 1.29 is 23.1 Å². The van der Waals surface area contributed by atoms with Crippen LogP contribution in [0, 0.1) is 28.9 Å². The van der Waals surface area contributed by atoms with Crippen LogP contribution < -0.4 is 10.1 Å². The lowest BCUT2D eigenvalue weighted by Gasteiger charge is -2.36. The van der Waals surface area contributed by atoms with Crippen LogP contribution >= 0.6 is 0 Å². The van der Waals surface area contributed by atoms with Crippen molar-refractivity contribution in [1.82, 2.24) is 34.9 Å². The van der Waals surface area contributed by atoms with E-state index in [4.69, 9.17) is 10.00 Å². The zero-order chi connectivity index (χ0) is 24.9. The molecule has 4 heterocycles. The van der Waals surface area contributed by atoms with Gasteiger partial charge in [0, 0.05) is 32.4 Å². The SMILES string of the molecule is C[C@@H](NC(=O)Oc1c[nH]c2ncc(-c3nn(C)c4cc(F)cc(F)c34)nc12)C(=O)N1CC(C#N)C1. The Morgan fingerprint density at radius 1 is 1.34 bits per heavy atom. The highest BCUT2D eigenvalue weighted by atomic mass is 19.1. The zero-order valence-electron chi connectivity index (χ0n) is 18.5.